The number of aliphatic hydroxyl groups is 1. The van der Waals surface area contributed by atoms with Crippen molar-refractivity contribution in [2.75, 3.05) is 13.2 Å². The third-order valence-electron chi connectivity index (χ3n) is 3.58. The van der Waals surface area contributed by atoms with Crippen LogP contribution in [0.15, 0.2) is 0 Å². The first-order valence-corrected chi connectivity index (χ1v) is 8.51. The Morgan fingerprint density at radius 3 is 1.79 bits per heavy atom. The average molecular weight is 418 g/mol. The van der Waals surface area contributed by atoms with E-state index < -0.39 is 66.8 Å². The van der Waals surface area contributed by atoms with Crippen molar-refractivity contribution in [3.63, 3.8) is 0 Å². The third-order valence-corrected chi connectivity index (χ3v) is 3.58. The van der Waals surface area contributed by atoms with Crippen molar-refractivity contribution in [2.24, 2.45) is 17.2 Å². The molecule has 29 heavy (non-hydrogen) atoms. The Bertz CT molecular complexity index is 640. The van der Waals surface area contributed by atoms with Gasteiger partial charge in [-0.25, -0.2) is 0 Å². The van der Waals surface area contributed by atoms with E-state index in [0.717, 1.165) is 0 Å². The highest BCUT2D eigenvalue weighted by Crippen LogP contribution is 2.00. The summed E-state index contributed by atoms with van der Waals surface area (Å²) in [6.07, 6.45) is -0.778. The fourth-order valence-electron chi connectivity index (χ4n) is 2.02. The van der Waals surface area contributed by atoms with Crippen molar-refractivity contribution in [2.45, 2.75) is 43.8 Å². The number of primary amides is 2. The fourth-order valence-corrected chi connectivity index (χ4v) is 2.02. The van der Waals surface area contributed by atoms with Gasteiger partial charge in [-0.1, -0.05) is 0 Å². The highest BCUT2D eigenvalue weighted by atomic mass is 16.4. The molecule has 11 N–H and O–H groups in total. The van der Waals surface area contributed by atoms with Crippen LogP contribution in [0.2, 0.25) is 0 Å². The van der Waals surface area contributed by atoms with E-state index in [1.165, 1.54) is 0 Å². The van der Waals surface area contributed by atoms with E-state index in [1.54, 1.807) is 0 Å². The van der Waals surface area contributed by atoms with E-state index in [2.05, 4.69) is 10.6 Å². The average Bonchev–Trinajstić information content (AvgIpc) is 2.64. The van der Waals surface area contributed by atoms with Crippen molar-refractivity contribution in [3.05, 3.63) is 0 Å². The minimum atomic E-state index is -1.49. The van der Waals surface area contributed by atoms with Gasteiger partial charge in [-0.2, -0.15) is 0 Å². The molecule has 5 amide bonds. The van der Waals surface area contributed by atoms with Gasteiger partial charge in [0.1, 0.15) is 18.6 Å². The lowest BCUT2D eigenvalue weighted by Gasteiger charge is -2.22. The summed E-state index contributed by atoms with van der Waals surface area (Å²) in [5.41, 5.74) is 15.5. The lowest BCUT2D eigenvalue weighted by molar-refractivity contribution is -0.139. The zero-order valence-electron chi connectivity index (χ0n) is 15.6. The summed E-state index contributed by atoms with van der Waals surface area (Å²) in [6, 6.07) is -4.01. The molecule has 0 aliphatic carbocycles. The van der Waals surface area contributed by atoms with Crippen molar-refractivity contribution in [3.8, 4) is 0 Å². The highest BCUT2D eigenvalue weighted by Gasteiger charge is 2.28. The molecular weight excluding hydrogens is 392 g/mol. The molecule has 0 aliphatic heterocycles. The first kappa shape index (κ1) is 25.7. The molecule has 0 aliphatic rings. The van der Waals surface area contributed by atoms with Gasteiger partial charge in [0.15, 0.2) is 0 Å². The van der Waals surface area contributed by atoms with Gasteiger partial charge in [0, 0.05) is 12.8 Å². The molecule has 164 valence electrons. The number of nitrogens with two attached hydrogens (primary N) is 3. The molecule has 0 heterocycles. The summed E-state index contributed by atoms with van der Waals surface area (Å²) in [6.45, 7) is -1.57. The van der Waals surface area contributed by atoms with Crippen LogP contribution in [0.1, 0.15) is 25.7 Å². The van der Waals surface area contributed by atoms with Crippen LogP contribution in [-0.4, -0.2) is 77.0 Å². The summed E-state index contributed by atoms with van der Waals surface area (Å²) >= 11 is 0. The molecule has 0 saturated heterocycles. The fraction of sp³-hybridized carbons (Fsp3) is 0.600. The van der Waals surface area contributed by atoms with Gasteiger partial charge in [0.05, 0.1) is 12.6 Å². The number of carbonyl (C=O) groups excluding carboxylic acids is 5. The second-order valence-corrected chi connectivity index (χ2v) is 6.03. The van der Waals surface area contributed by atoms with Crippen LogP contribution in [0.4, 0.5) is 0 Å². The van der Waals surface area contributed by atoms with Gasteiger partial charge in [-0.3, -0.25) is 28.8 Å². The Balaban J connectivity index is 4.99. The molecule has 0 aromatic rings. The van der Waals surface area contributed by atoms with Crippen molar-refractivity contribution in [1.82, 2.24) is 16.0 Å². The number of carbonyl (C=O) groups is 6. The first-order valence-electron chi connectivity index (χ1n) is 8.51. The minimum absolute atomic E-state index is 0.0836. The number of hydrogen-bond acceptors (Lipinski definition) is 8. The quantitative estimate of drug-likeness (QED) is 0.134. The molecule has 0 radical (unpaired) electrons. The molecule has 0 saturated carbocycles. The maximum atomic E-state index is 12.3. The molecule has 0 spiro atoms. The van der Waals surface area contributed by atoms with Crippen LogP contribution in [0.3, 0.4) is 0 Å². The van der Waals surface area contributed by atoms with Gasteiger partial charge in [-0.15, -0.1) is 0 Å². The normalized spacial score (nSPS) is 13.4. The number of aliphatic carboxylic acids is 1. The zero-order chi connectivity index (χ0) is 22.6. The van der Waals surface area contributed by atoms with Crippen LogP contribution >= 0.6 is 0 Å². The second kappa shape index (κ2) is 13.0. The zero-order valence-corrected chi connectivity index (χ0v) is 15.6. The van der Waals surface area contributed by atoms with Crippen LogP contribution < -0.4 is 33.2 Å². The molecule has 0 aromatic carbocycles. The number of amides is 5. The minimum Gasteiger partial charge on any atom is -0.480 e. The van der Waals surface area contributed by atoms with Crippen LogP contribution in [0.5, 0.6) is 0 Å². The monoisotopic (exact) mass is 418 g/mol. The van der Waals surface area contributed by atoms with E-state index >= 15 is 0 Å². The van der Waals surface area contributed by atoms with Crippen molar-refractivity contribution in [1.29, 1.82) is 0 Å². The molecule has 0 bridgehead atoms. The Morgan fingerprint density at radius 2 is 1.31 bits per heavy atom. The second-order valence-electron chi connectivity index (χ2n) is 6.03. The van der Waals surface area contributed by atoms with Crippen LogP contribution in [0, 0.1) is 0 Å². The maximum absolute atomic E-state index is 12.3. The Hall–Kier alpha value is -3.26. The smallest absolute Gasteiger partial charge is 0.322 e. The highest BCUT2D eigenvalue weighted by molar-refractivity contribution is 5.94. The molecule has 3 atom stereocenters. The molecule has 0 rings (SSSR count). The van der Waals surface area contributed by atoms with E-state index in [1.807, 2.05) is 5.32 Å². The standard InChI is InChI=1S/C15H26N6O8/c16-7(1-3-10(17)23)13(27)21-9(6-22)15(29)20-8(2-4-11(18)24)14(28)19-5-12(25)26/h7-9,22H,1-6,16H2,(H2,17,23)(H2,18,24)(H,19,28)(H,20,29)(H,21,27)(H,25,26). The van der Waals surface area contributed by atoms with Crippen LogP contribution in [0.25, 0.3) is 0 Å². The van der Waals surface area contributed by atoms with E-state index in [4.69, 9.17) is 22.3 Å². The van der Waals surface area contributed by atoms with Gasteiger partial charge in [0.25, 0.3) is 0 Å². The van der Waals surface area contributed by atoms with Gasteiger partial charge < -0.3 is 43.4 Å². The summed E-state index contributed by atoms with van der Waals surface area (Å²) in [5.74, 6) is -5.49. The predicted molar refractivity (Wildman–Crippen MR) is 96.4 cm³/mol. The lowest BCUT2D eigenvalue weighted by Crippen LogP contribution is -2.57. The first-order chi connectivity index (χ1) is 13.5. The summed E-state index contributed by atoms with van der Waals surface area (Å²) in [7, 11) is 0. The number of aliphatic hydroxyl groups excluding tert-OH is 1. The van der Waals surface area contributed by atoms with Crippen molar-refractivity contribution >= 4 is 35.5 Å². The number of nitrogens with one attached hydrogen (secondary N) is 3. The topological polar surface area (TPSA) is 257 Å². The predicted octanol–water partition coefficient (Wildman–Crippen LogP) is -4.99. The Morgan fingerprint density at radius 1 is 0.793 bits per heavy atom. The van der Waals surface area contributed by atoms with E-state index in [9.17, 15) is 33.9 Å². The summed E-state index contributed by atoms with van der Waals surface area (Å²) in [5, 5.41) is 24.3. The van der Waals surface area contributed by atoms with Crippen LogP contribution in [-0.2, 0) is 28.8 Å². The van der Waals surface area contributed by atoms with Gasteiger partial charge >= 0.3 is 5.97 Å². The molecule has 3 unspecified atom stereocenters. The SMILES string of the molecule is NC(=O)CCC(N)C(=O)NC(CO)C(=O)NC(CCC(N)=O)C(=O)NCC(=O)O. The van der Waals surface area contributed by atoms with Gasteiger partial charge in [0.2, 0.25) is 29.5 Å². The largest absolute Gasteiger partial charge is 0.480 e. The molecule has 14 heteroatoms. The molecular formula is C15H26N6O8. The number of rotatable bonds is 14. The number of hydrogen-bond donors (Lipinski definition) is 8. The number of carboxylic acids is 1. The maximum Gasteiger partial charge on any atom is 0.322 e. The molecule has 14 nitrogen and oxygen atoms in total. The van der Waals surface area contributed by atoms with E-state index in [0.29, 0.717) is 0 Å². The molecule has 0 aromatic heterocycles. The molecule has 0 fully saturated rings. The third kappa shape index (κ3) is 11.2. The Kier molecular flexibility index (Phi) is 11.5. The Labute approximate surface area is 165 Å². The summed E-state index contributed by atoms with van der Waals surface area (Å²) < 4.78 is 0. The number of carboxylic acid groups (broad SMARTS) is 1. The lowest BCUT2D eigenvalue weighted by atomic mass is 10.1. The van der Waals surface area contributed by atoms with Crippen molar-refractivity contribution < 1.29 is 39.0 Å². The van der Waals surface area contributed by atoms with Gasteiger partial charge in [-0.05, 0) is 12.8 Å². The van der Waals surface area contributed by atoms with E-state index in [-0.39, 0.29) is 25.7 Å². The summed E-state index contributed by atoms with van der Waals surface area (Å²) in [4.78, 5) is 68.5.